The molecule has 0 radical (unpaired) electrons. The molecule has 0 spiro atoms. The van der Waals surface area contributed by atoms with Crippen LogP contribution in [-0.4, -0.2) is 9.73 Å². The maximum absolute atomic E-state index is 5.61. The molecule has 0 unspecified atom stereocenters. The fourth-order valence-electron chi connectivity index (χ4n) is 1.60. The van der Waals surface area contributed by atoms with Crippen LogP contribution in [0, 0.1) is 0 Å². The van der Waals surface area contributed by atoms with Crippen LogP contribution in [-0.2, 0) is 12.3 Å². The zero-order chi connectivity index (χ0) is 13.9. The minimum Gasteiger partial charge on any atom is -0.326 e. The Morgan fingerprint density at radius 1 is 1.21 bits per heavy atom. The lowest BCUT2D eigenvalue weighted by Gasteiger charge is -2.16. The zero-order valence-electron chi connectivity index (χ0n) is 11.6. The lowest BCUT2D eigenvalue weighted by atomic mass is 10.1. The van der Waals surface area contributed by atoms with Gasteiger partial charge in [-0.25, -0.2) is 4.98 Å². The fourth-order valence-corrected chi connectivity index (χ4v) is 3.26. The number of aromatic nitrogens is 1. The molecule has 0 amide bonds. The monoisotopic (exact) mass is 292 g/mol. The van der Waals surface area contributed by atoms with E-state index in [1.165, 1.54) is 10.6 Å². The molecular weight excluding hydrogens is 272 g/mol. The Kier molecular flexibility index (Phi) is 4.66. The summed E-state index contributed by atoms with van der Waals surface area (Å²) in [6.07, 6.45) is 0. The highest BCUT2D eigenvalue weighted by molar-refractivity contribution is 7.99. The SMILES string of the molecule is CC(C)(C)SCc1nc(-c2ccc(CN)cc2)cs1. The first-order valence-electron chi connectivity index (χ1n) is 6.36. The number of nitrogens with zero attached hydrogens (tertiary/aromatic N) is 1. The van der Waals surface area contributed by atoms with Gasteiger partial charge >= 0.3 is 0 Å². The third-order valence-electron chi connectivity index (χ3n) is 2.67. The third kappa shape index (κ3) is 4.34. The van der Waals surface area contributed by atoms with Gasteiger partial charge < -0.3 is 5.73 Å². The minimum atomic E-state index is 0.286. The average molecular weight is 292 g/mol. The normalized spacial score (nSPS) is 11.8. The average Bonchev–Trinajstić information content (AvgIpc) is 2.84. The van der Waals surface area contributed by atoms with Gasteiger partial charge in [0.1, 0.15) is 5.01 Å². The van der Waals surface area contributed by atoms with Crippen molar-refractivity contribution in [3.8, 4) is 11.3 Å². The summed E-state index contributed by atoms with van der Waals surface area (Å²) in [6.45, 7) is 7.29. The lowest BCUT2D eigenvalue weighted by Crippen LogP contribution is -2.07. The van der Waals surface area contributed by atoms with Crippen LogP contribution >= 0.6 is 23.1 Å². The van der Waals surface area contributed by atoms with Gasteiger partial charge in [0.2, 0.25) is 0 Å². The van der Waals surface area contributed by atoms with Crippen molar-refractivity contribution in [2.24, 2.45) is 5.73 Å². The number of benzene rings is 1. The van der Waals surface area contributed by atoms with Crippen molar-refractivity contribution in [2.45, 2.75) is 37.8 Å². The number of thioether (sulfide) groups is 1. The van der Waals surface area contributed by atoms with Gasteiger partial charge in [-0.15, -0.1) is 23.1 Å². The van der Waals surface area contributed by atoms with Crippen molar-refractivity contribution in [3.05, 3.63) is 40.2 Å². The molecule has 0 aliphatic rings. The molecule has 4 heteroatoms. The Morgan fingerprint density at radius 3 is 2.47 bits per heavy atom. The maximum Gasteiger partial charge on any atom is 0.103 e. The van der Waals surface area contributed by atoms with Gasteiger partial charge in [0.15, 0.2) is 0 Å². The summed E-state index contributed by atoms with van der Waals surface area (Å²) in [5, 5.41) is 3.33. The van der Waals surface area contributed by atoms with Crippen molar-refractivity contribution in [1.82, 2.24) is 4.98 Å². The van der Waals surface area contributed by atoms with E-state index in [0.717, 1.165) is 17.0 Å². The quantitative estimate of drug-likeness (QED) is 0.913. The molecule has 0 saturated heterocycles. The first-order chi connectivity index (χ1) is 8.98. The van der Waals surface area contributed by atoms with Crippen LogP contribution in [0.2, 0.25) is 0 Å². The van der Waals surface area contributed by atoms with E-state index in [-0.39, 0.29) is 4.75 Å². The van der Waals surface area contributed by atoms with Crippen LogP contribution in [0.3, 0.4) is 0 Å². The molecule has 0 bridgehead atoms. The molecular formula is C15H20N2S2. The predicted octanol–water partition coefficient (Wildman–Crippen LogP) is 4.30. The van der Waals surface area contributed by atoms with E-state index < -0.39 is 0 Å². The Hall–Kier alpha value is -0.840. The predicted molar refractivity (Wildman–Crippen MR) is 86.5 cm³/mol. The van der Waals surface area contributed by atoms with E-state index in [1.54, 1.807) is 11.3 Å². The van der Waals surface area contributed by atoms with Crippen LogP contribution in [0.1, 0.15) is 31.3 Å². The molecule has 0 saturated carbocycles. The summed E-state index contributed by atoms with van der Waals surface area (Å²) in [5.41, 5.74) is 9.00. The molecule has 1 aromatic carbocycles. The number of nitrogens with two attached hydrogens (primary N) is 1. The number of thiazole rings is 1. The van der Waals surface area contributed by atoms with Crippen LogP contribution in [0.5, 0.6) is 0 Å². The first kappa shape index (κ1) is 14.6. The van der Waals surface area contributed by atoms with E-state index in [4.69, 9.17) is 10.7 Å². The fraction of sp³-hybridized carbons (Fsp3) is 0.400. The topological polar surface area (TPSA) is 38.9 Å². The van der Waals surface area contributed by atoms with Crippen LogP contribution in [0.15, 0.2) is 29.6 Å². The van der Waals surface area contributed by atoms with E-state index >= 15 is 0 Å². The second kappa shape index (κ2) is 6.07. The smallest absolute Gasteiger partial charge is 0.103 e. The molecule has 0 atom stereocenters. The number of hydrogen-bond donors (Lipinski definition) is 1. The van der Waals surface area contributed by atoms with E-state index in [9.17, 15) is 0 Å². The highest BCUT2D eigenvalue weighted by Crippen LogP contribution is 2.30. The van der Waals surface area contributed by atoms with Gasteiger partial charge in [0.25, 0.3) is 0 Å². The van der Waals surface area contributed by atoms with Crippen molar-refractivity contribution in [2.75, 3.05) is 0 Å². The summed E-state index contributed by atoms with van der Waals surface area (Å²) >= 11 is 3.67. The molecule has 0 aliphatic heterocycles. The molecule has 2 nitrogen and oxygen atoms in total. The Labute approximate surface area is 123 Å². The van der Waals surface area contributed by atoms with Gasteiger partial charge in [-0.3, -0.25) is 0 Å². The van der Waals surface area contributed by atoms with Crippen molar-refractivity contribution in [3.63, 3.8) is 0 Å². The highest BCUT2D eigenvalue weighted by atomic mass is 32.2. The summed E-state index contributed by atoms with van der Waals surface area (Å²) in [4.78, 5) is 4.71. The maximum atomic E-state index is 5.61. The molecule has 1 heterocycles. The van der Waals surface area contributed by atoms with Gasteiger partial charge in [-0.05, 0) is 5.56 Å². The third-order valence-corrected chi connectivity index (χ3v) is 4.98. The lowest BCUT2D eigenvalue weighted by molar-refractivity contribution is 0.802. The van der Waals surface area contributed by atoms with Crippen molar-refractivity contribution < 1.29 is 0 Å². The standard InChI is InChI=1S/C15H20N2S2/c1-15(2,3)19-10-14-17-13(9-18-14)12-6-4-11(8-16)5-7-12/h4-7,9H,8,10,16H2,1-3H3. The van der Waals surface area contributed by atoms with Crippen molar-refractivity contribution in [1.29, 1.82) is 0 Å². The summed E-state index contributed by atoms with van der Waals surface area (Å²) in [5.74, 6) is 0.981. The van der Waals surface area contributed by atoms with Crippen LogP contribution in [0.25, 0.3) is 11.3 Å². The Morgan fingerprint density at radius 2 is 1.89 bits per heavy atom. The highest BCUT2D eigenvalue weighted by Gasteiger charge is 2.12. The Bertz CT molecular complexity index is 524. The molecule has 0 fully saturated rings. The summed E-state index contributed by atoms with van der Waals surface area (Å²) in [7, 11) is 0. The van der Waals surface area contributed by atoms with Gasteiger partial charge in [0, 0.05) is 28.0 Å². The van der Waals surface area contributed by atoms with E-state index in [2.05, 4.69) is 50.4 Å². The largest absolute Gasteiger partial charge is 0.326 e. The molecule has 102 valence electrons. The molecule has 2 N–H and O–H groups in total. The Balaban J connectivity index is 2.07. The minimum absolute atomic E-state index is 0.286. The van der Waals surface area contributed by atoms with Gasteiger partial charge in [0.05, 0.1) is 5.69 Å². The summed E-state index contributed by atoms with van der Waals surface area (Å²) < 4.78 is 0.286. The molecule has 0 aliphatic carbocycles. The van der Waals surface area contributed by atoms with Crippen LogP contribution in [0.4, 0.5) is 0 Å². The second-order valence-corrected chi connectivity index (χ2v) is 8.17. The first-order valence-corrected chi connectivity index (χ1v) is 8.22. The van der Waals surface area contributed by atoms with Gasteiger partial charge in [-0.2, -0.15) is 0 Å². The molecule has 1 aromatic heterocycles. The van der Waals surface area contributed by atoms with Crippen LogP contribution < -0.4 is 5.73 Å². The number of rotatable bonds is 4. The molecule has 2 aromatic rings. The summed E-state index contributed by atoms with van der Waals surface area (Å²) in [6, 6.07) is 8.33. The van der Waals surface area contributed by atoms with E-state index in [0.29, 0.717) is 6.54 Å². The molecule has 2 rings (SSSR count). The number of hydrogen-bond acceptors (Lipinski definition) is 4. The second-order valence-electron chi connectivity index (χ2n) is 5.43. The van der Waals surface area contributed by atoms with Gasteiger partial charge in [-0.1, -0.05) is 45.0 Å². The zero-order valence-corrected chi connectivity index (χ0v) is 13.3. The van der Waals surface area contributed by atoms with E-state index in [1.807, 2.05) is 11.8 Å². The van der Waals surface area contributed by atoms with Crippen molar-refractivity contribution >= 4 is 23.1 Å². The molecule has 19 heavy (non-hydrogen) atoms.